The van der Waals surface area contributed by atoms with E-state index in [1.165, 1.54) is 121 Å². The highest BCUT2D eigenvalue weighted by molar-refractivity contribution is 6.18. The Bertz CT molecular complexity index is 624. The van der Waals surface area contributed by atoms with Gasteiger partial charge in [0.2, 0.25) is 6.17 Å². The lowest BCUT2D eigenvalue weighted by molar-refractivity contribution is 0.290. The molecule has 2 unspecified atom stereocenters. The first-order chi connectivity index (χ1) is 16.8. The molecule has 190 valence electrons. The van der Waals surface area contributed by atoms with E-state index >= 15 is 0 Å². The summed E-state index contributed by atoms with van der Waals surface area (Å²) in [6, 6.07) is 11.0. The minimum absolute atomic E-state index is 0.497. The normalized spacial score (nSPS) is 14.7. The average Bonchev–Trinajstić information content (AvgIpc) is 3.39. The summed E-state index contributed by atoms with van der Waals surface area (Å²) in [5, 5.41) is 0. The van der Waals surface area contributed by atoms with Gasteiger partial charge in [-0.2, -0.15) is 0 Å². The lowest BCUT2D eigenvalue weighted by Gasteiger charge is -2.25. The zero-order valence-electron chi connectivity index (χ0n) is 22.5. The quantitative estimate of drug-likeness (QED) is 0.120. The number of unbranched alkanes of at least 4 members (excludes halogenated alkanes) is 14. The summed E-state index contributed by atoms with van der Waals surface area (Å²) in [6.45, 7) is 4.61. The predicted molar refractivity (Wildman–Crippen MR) is 152 cm³/mol. The first kappa shape index (κ1) is 28.7. The Morgan fingerprint density at radius 2 is 1.09 bits per heavy atom. The SMILES string of the molecule is CCCCCCCCCCCCCCCCCC([C+]1N=CC=N1)C(CCC)Cc1ccccc1. The third-order valence-corrected chi connectivity index (χ3v) is 7.50. The Hall–Kier alpha value is -1.57. The van der Waals surface area contributed by atoms with Gasteiger partial charge >= 0.3 is 0 Å². The molecular weight excluding hydrogens is 412 g/mol. The Morgan fingerprint density at radius 3 is 1.59 bits per heavy atom. The van der Waals surface area contributed by atoms with E-state index in [0.717, 1.165) is 12.6 Å². The maximum absolute atomic E-state index is 4.64. The van der Waals surface area contributed by atoms with E-state index in [2.05, 4.69) is 54.2 Å². The molecule has 2 atom stereocenters. The standard InChI is InChI=1S/C32H53N2/c1-3-5-6-7-8-9-10-11-12-13-14-15-16-17-21-25-31(32-33-26-27-34-32)30(22-4-2)28-29-23-19-18-20-24-29/h18-20,23-24,26-27,30-31H,3-17,21-22,25,28H2,1-2H3/q+1. The van der Waals surface area contributed by atoms with Crippen molar-refractivity contribution in [1.82, 2.24) is 0 Å². The summed E-state index contributed by atoms with van der Waals surface area (Å²) >= 11 is 0. The molecule has 1 aliphatic rings. The van der Waals surface area contributed by atoms with Crippen molar-refractivity contribution < 1.29 is 0 Å². The van der Waals surface area contributed by atoms with Crippen LogP contribution < -0.4 is 0 Å². The van der Waals surface area contributed by atoms with Gasteiger partial charge in [-0.3, -0.25) is 0 Å². The largest absolute Gasteiger partial charge is 0.244 e. The second kappa shape index (κ2) is 19.7. The zero-order valence-corrected chi connectivity index (χ0v) is 22.5. The van der Waals surface area contributed by atoms with Gasteiger partial charge in [0, 0.05) is 0 Å². The van der Waals surface area contributed by atoms with Crippen LogP contribution in [-0.4, -0.2) is 12.4 Å². The molecule has 1 aromatic carbocycles. The number of aliphatic imine (C=N–C) groups is 2. The predicted octanol–water partition coefficient (Wildman–Crippen LogP) is 10.2. The highest BCUT2D eigenvalue weighted by Crippen LogP contribution is 2.36. The highest BCUT2D eigenvalue weighted by atomic mass is 15.0. The minimum Gasteiger partial charge on any atom is -0.0965 e. The summed E-state index contributed by atoms with van der Waals surface area (Å²) in [5.74, 6) is 1.14. The Balaban J connectivity index is 1.58. The van der Waals surface area contributed by atoms with Gasteiger partial charge in [0.15, 0.2) is 12.4 Å². The van der Waals surface area contributed by atoms with Crippen molar-refractivity contribution in [3.63, 3.8) is 0 Å². The molecule has 2 nitrogen and oxygen atoms in total. The topological polar surface area (TPSA) is 24.7 Å². The number of benzene rings is 1. The Morgan fingerprint density at radius 1 is 0.588 bits per heavy atom. The molecule has 0 aromatic heterocycles. The maximum Gasteiger partial charge on any atom is 0.244 e. The third-order valence-electron chi connectivity index (χ3n) is 7.50. The molecule has 1 heterocycles. The molecule has 0 saturated heterocycles. The molecule has 0 radical (unpaired) electrons. The van der Waals surface area contributed by atoms with Crippen LogP contribution in [0.3, 0.4) is 0 Å². The molecule has 0 bridgehead atoms. The van der Waals surface area contributed by atoms with Crippen molar-refractivity contribution in [2.75, 3.05) is 0 Å². The van der Waals surface area contributed by atoms with Crippen LogP contribution in [0.2, 0.25) is 0 Å². The minimum atomic E-state index is 0.497. The Labute approximate surface area is 212 Å². The molecule has 1 aromatic rings. The molecule has 0 fully saturated rings. The highest BCUT2D eigenvalue weighted by Gasteiger charge is 2.34. The van der Waals surface area contributed by atoms with E-state index in [4.69, 9.17) is 0 Å². The van der Waals surface area contributed by atoms with E-state index < -0.39 is 0 Å². The molecule has 2 rings (SSSR count). The van der Waals surface area contributed by atoms with E-state index in [0.29, 0.717) is 11.8 Å². The summed E-state index contributed by atoms with van der Waals surface area (Å²) in [6.07, 6.45) is 31.0. The van der Waals surface area contributed by atoms with Gasteiger partial charge in [0.25, 0.3) is 0 Å². The van der Waals surface area contributed by atoms with Crippen molar-refractivity contribution in [3.05, 3.63) is 42.1 Å². The van der Waals surface area contributed by atoms with Crippen LogP contribution in [0.15, 0.2) is 40.3 Å². The summed E-state index contributed by atoms with van der Waals surface area (Å²) in [5.41, 5.74) is 1.45. The zero-order chi connectivity index (χ0) is 24.1. The van der Waals surface area contributed by atoms with Crippen molar-refractivity contribution >= 4 is 12.4 Å². The smallest absolute Gasteiger partial charge is 0.0965 e. The fourth-order valence-corrected chi connectivity index (χ4v) is 5.49. The molecule has 0 saturated carbocycles. The molecule has 0 spiro atoms. The van der Waals surface area contributed by atoms with Crippen molar-refractivity contribution in [1.29, 1.82) is 0 Å². The summed E-state index contributed by atoms with van der Waals surface area (Å²) < 4.78 is 0. The molecule has 34 heavy (non-hydrogen) atoms. The first-order valence-corrected chi connectivity index (χ1v) is 14.8. The van der Waals surface area contributed by atoms with Gasteiger partial charge in [0.05, 0.1) is 5.92 Å². The number of hydrogen-bond donors (Lipinski definition) is 0. The summed E-state index contributed by atoms with van der Waals surface area (Å²) in [7, 11) is 0. The van der Waals surface area contributed by atoms with E-state index in [1.807, 2.05) is 12.4 Å². The van der Waals surface area contributed by atoms with Crippen LogP contribution in [0, 0.1) is 18.0 Å². The maximum atomic E-state index is 4.64. The molecule has 0 amide bonds. The van der Waals surface area contributed by atoms with Crippen LogP contribution >= 0.6 is 0 Å². The molecule has 0 aliphatic carbocycles. The van der Waals surface area contributed by atoms with Gasteiger partial charge in [0.1, 0.15) is 0 Å². The number of hydrogen-bond acceptors (Lipinski definition) is 2. The lowest BCUT2D eigenvalue weighted by atomic mass is 9.79. The second-order valence-electron chi connectivity index (χ2n) is 10.5. The monoisotopic (exact) mass is 465 g/mol. The fourth-order valence-electron chi connectivity index (χ4n) is 5.49. The molecular formula is C32H53N2+. The van der Waals surface area contributed by atoms with Crippen molar-refractivity contribution in [2.45, 2.75) is 136 Å². The number of rotatable bonds is 22. The van der Waals surface area contributed by atoms with Gasteiger partial charge in [-0.05, 0) is 30.7 Å². The van der Waals surface area contributed by atoms with Crippen LogP contribution in [0.5, 0.6) is 0 Å². The van der Waals surface area contributed by atoms with Crippen molar-refractivity contribution in [2.24, 2.45) is 21.8 Å². The van der Waals surface area contributed by atoms with Crippen LogP contribution in [0.25, 0.3) is 0 Å². The first-order valence-electron chi connectivity index (χ1n) is 14.8. The second-order valence-corrected chi connectivity index (χ2v) is 10.5. The van der Waals surface area contributed by atoms with Gasteiger partial charge in [-0.15, -0.1) is 0 Å². The van der Waals surface area contributed by atoms with E-state index in [-0.39, 0.29) is 0 Å². The Kier molecular flexibility index (Phi) is 16.6. The van der Waals surface area contributed by atoms with Crippen LogP contribution in [0.1, 0.15) is 135 Å². The van der Waals surface area contributed by atoms with E-state index in [9.17, 15) is 0 Å². The third kappa shape index (κ3) is 12.8. The molecule has 2 heteroatoms. The van der Waals surface area contributed by atoms with Crippen LogP contribution in [0.4, 0.5) is 0 Å². The lowest BCUT2D eigenvalue weighted by Crippen LogP contribution is -2.22. The molecule has 1 aliphatic heterocycles. The average molecular weight is 466 g/mol. The van der Waals surface area contributed by atoms with Gasteiger partial charge in [-0.1, -0.05) is 157 Å². The van der Waals surface area contributed by atoms with Gasteiger partial charge in [-0.25, -0.2) is 0 Å². The summed E-state index contributed by atoms with van der Waals surface area (Å²) in [4.78, 5) is 9.28. The fraction of sp³-hybridized carbons (Fsp3) is 0.719. The van der Waals surface area contributed by atoms with Crippen LogP contribution in [-0.2, 0) is 6.42 Å². The number of nitrogens with zero attached hydrogens (tertiary/aromatic N) is 2. The van der Waals surface area contributed by atoms with Crippen molar-refractivity contribution in [3.8, 4) is 0 Å². The van der Waals surface area contributed by atoms with Gasteiger partial charge < -0.3 is 0 Å². The molecule has 0 N–H and O–H groups in total. The van der Waals surface area contributed by atoms with E-state index in [1.54, 1.807) is 0 Å².